The molecule has 0 radical (unpaired) electrons. The molecule has 3 heterocycles. The van der Waals surface area contributed by atoms with E-state index in [0.29, 0.717) is 6.61 Å². The number of aromatic nitrogens is 3. The molecule has 1 aliphatic heterocycles. The van der Waals surface area contributed by atoms with Crippen molar-refractivity contribution >= 4 is 22.8 Å². The minimum absolute atomic E-state index is 0.643. The maximum atomic E-state index is 5.83. The van der Waals surface area contributed by atoms with Gasteiger partial charge in [-0.05, 0) is 12.1 Å². The number of para-hydroxylation sites is 2. The van der Waals surface area contributed by atoms with Crippen molar-refractivity contribution in [1.82, 2.24) is 20.0 Å². The molecule has 0 saturated carbocycles. The highest BCUT2D eigenvalue weighted by Crippen LogP contribution is 2.32. The van der Waals surface area contributed by atoms with Crippen LogP contribution < -0.4 is 4.84 Å². The topological polar surface area (TPSA) is 63.3 Å². The van der Waals surface area contributed by atoms with Gasteiger partial charge in [0.2, 0.25) is 0 Å². The third-order valence-corrected chi connectivity index (χ3v) is 4.81. The van der Waals surface area contributed by atoms with Crippen molar-refractivity contribution in [2.24, 2.45) is 0 Å². The molecule has 0 bridgehead atoms. The van der Waals surface area contributed by atoms with Crippen LogP contribution in [0.2, 0.25) is 0 Å². The molecule has 1 aromatic carbocycles. The summed E-state index contributed by atoms with van der Waals surface area (Å²) < 4.78 is 5.11. The van der Waals surface area contributed by atoms with Gasteiger partial charge in [0.05, 0.1) is 36.4 Å². The zero-order valence-corrected chi connectivity index (χ0v) is 14.2. The number of imidazole rings is 1. The van der Waals surface area contributed by atoms with Gasteiger partial charge < -0.3 is 14.6 Å². The molecule has 124 valence electrons. The molecule has 1 N–H and O–H groups in total. The lowest BCUT2D eigenvalue weighted by atomic mass is 10.2. The van der Waals surface area contributed by atoms with Gasteiger partial charge in [0.25, 0.3) is 0 Å². The summed E-state index contributed by atoms with van der Waals surface area (Å²) >= 11 is 1.66. The highest BCUT2D eigenvalue weighted by Gasteiger charge is 2.24. The molecule has 2 aromatic heterocycles. The van der Waals surface area contributed by atoms with Crippen LogP contribution in [-0.2, 0) is 17.0 Å². The SMILES string of the molecule is COCCN1Cc2c(ccnc2CSc2nc3ccccc3[nH]2)O1. The van der Waals surface area contributed by atoms with Crippen molar-refractivity contribution in [3.8, 4) is 5.75 Å². The fourth-order valence-electron chi connectivity index (χ4n) is 2.69. The molecular formula is C17H18N4O2S. The number of aromatic amines is 1. The monoisotopic (exact) mass is 342 g/mol. The predicted molar refractivity (Wildman–Crippen MR) is 92.8 cm³/mol. The number of methoxy groups -OCH3 is 1. The number of H-pyrrole nitrogens is 1. The maximum absolute atomic E-state index is 5.83. The van der Waals surface area contributed by atoms with Crippen LogP contribution in [0.3, 0.4) is 0 Å². The number of hydrogen-bond acceptors (Lipinski definition) is 6. The lowest BCUT2D eigenvalue weighted by molar-refractivity contribution is -0.0568. The highest BCUT2D eigenvalue weighted by molar-refractivity contribution is 7.98. The van der Waals surface area contributed by atoms with E-state index in [1.807, 2.05) is 35.4 Å². The largest absolute Gasteiger partial charge is 0.405 e. The van der Waals surface area contributed by atoms with Gasteiger partial charge in [-0.3, -0.25) is 4.98 Å². The van der Waals surface area contributed by atoms with Gasteiger partial charge in [0, 0.05) is 30.7 Å². The minimum atomic E-state index is 0.643. The van der Waals surface area contributed by atoms with Crippen molar-refractivity contribution in [2.45, 2.75) is 17.5 Å². The van der Waals surface area contributed by atoms with Crippen LogP contribution in [0.1, 0.15) is 11.3 Å². The molecule has 0 atom stereocenters. The van der Waals surface area contributed by atoms with Crippen molar-refractivity contribution in [3.05, 3.63) is 47.8 Å². The number of ether oxygens (including phenoxy) is 1. The van der Waals surface area contributed by atoms with Crippen molar-refractivity contribution in [2.75, 3.05) is 20.3 Å². The smallest absolute Gasteiger partial charge is 0.166 e. The summed E-state index contributed by atoms with van der Waals surface area (Å²) in [6.07, 6.45) is 1.80. The second-order valence-corrected chi connectivity index (χ2v) is 6.49. The molecule has 3 aromatic rings. The summed E-state index contributed by atoms with van der Waals surface area (Å²) in [4.78, 5) is 18.3. The van der Waals surface area contributed by atoms with E-state index in [1.165, 1.54) is 0 Å². The Balaban J connectivity index is 1.47. The number of hydrogen-bond donors (Lipinski definition) is 1. The Labute approximate surface area is 144 Å². The first-order valence-corrected chi connectivity index (χ1v) is 8.78. The Morgan fingerprint density at radius 1 is 1.33 bits per heavy atom. The molecule has 0 amide bonds. The van der Waals surface area contributed by atoms with E-state index in [1.54, 1.807) is 25.1 Å². The van der Waals surface area contributed by atoms with Crippen molar-refractivity contribution in [1.29, 1.82) is 0 Å². The van der Waals surface area contributed by atoms with Gasteiger partial charge in [-0.25, -0.2) is 4.98 Å². The average Bonchev–Trinajstić information content (AvgIpc) is 3.21. The van der Waals surface area contributed by atoms with Crippen LogP contribution in [0.25, 0.3) is 11.0 Å². The molecule has 0 fully saturated rings. The third-order valence-electron chi connectivity index (χ3n) is 3.92. The molecule has 0 aliphatic carbocycles. The summed E-state index contributed by atoms with van der Waals surface area (Å²) in [6.45, 7) is 2.12. The Morgan fingerprint density at radius 2 is 2.25 bits per heavy atom. The Morgan fingerprint density at radius 3 is 3.12 bits per heavy atom. The quantitative estimate of drug-likeness (QED) is 0.695. The van der Waals surface area contributed by atoms with Gasteiger partial charge in [-0.1, -0.05) is 23.9 Å². The highest BCUT2D eigenvalue weighted by atomic mass is 32.2. The normalized spacial score (nSPS) is 14.0. The van der Waals surface area contributed by atoms with Crippen LogP contribution in [0.15, 0.2) is 41.7 Å². The zero-order valence-electron chi connectivity index (χ0n) is 13.4. The van der Waals surface area contributed by atoms with Crippen LogP contribution in [0.4, 0.5) is 0 Å². The molecule has 1 aliphatic rings. The van der Waals surface area contributed by atoms with E-state index in [0.717, 1.165) is 52.0 Å². The Bertz CT molecular complexity index is 818. The number of nitrogens with one attached hydrogen (secondary N) is 1. The van der Waals surface area contributed by atoms with Gasteiger partial charge in [0.15, 0.2) is 10.9 Å². The zero-order chi connectivity index (χ0) is 16.4. The van der Waals surface area contributed by atoms with Gasteiger partial charge in [-0.2, -0.15) is 0 Å². The fourth-order valence-corrected chi connectivity index (χ4v) is 3.56. The lowest BCUT2D eigenvalue weighted by Gasteiger charge is -2.12. The number of rotatable bonds is 6. The Kier molecular flexibility index (Phi) is 4.38. The number of benzene rings is 1. The van der Waals surface area contributed by atoms with Crippen molar-refractivity contribution < 1.29 is 9.57 Å². The van der Waals surface area contributed by atoms with E-state index in [-0.39, 0.29) is 0 Å². The number of pyridine rings is 1. The predicted octanol–water partition coefficient (Wildman–Crippen LogP) is 3.01. The summed E-state index contributed by atoms with van der Waals surface area (Å²) in [5, 5.41) is 2.82. The lowest BCUT2D eigenvalue weighted by Crippen LogP contribution is -2.25. The first-order valence-electron chi connectivity index (χ1n) is 7.79. The van der Waals surface area contributed by atoms with Gasteiger partial charge >= 0.3 is 0 Å². The first-order chi connectivity index (χ1) is 11.8. The summed E-state index contributed by atoms with van der Waals surface area (Å²) in [5.74, 6) is 1.64. The number of nitrogens with zero attached hydrogens (tertiary/aromatic N) is 3. The third kappa shape index (κ3) is 3.10. The summed E-state index contributed by atoms with van der Waals surface area (Å²) in [5.41, 5.74) is 4.23. The van der Waals surface area contributed by atoms with Crippen LogP contribution in [-0.4, -0.2) is 40.3 Å². The average molecular weight is 342 g/mol. The molecule has 0 saturated heterocycles. The second-order valence-electron chi connectivity index (χ2n) is 5.53. The minimum Gasteiger partial charge on any atom is -0.405 e. The second kappa shape index (κ2) is 6.80. The standard InChI is InChI=1S/C17H18N4O2S/c1-22-9-8-21-10-12-15(18-7-6-16(12)23-21)11-24-17-19-13-4-2-3-5-14(13)20-17/h2-7H,8-11H2,1H3,(H,19,20). The Hall–Kier alpha value is -2.09. The van der Waals surface area contributed by atoms with Gasteiger partial charge in [0.1, 0.15) is 0 Å². The molecular weight excluding hydrogens is 324 g/mol. The van der Waals surface area contributed by atoms with Crippen LogP contribution in [0.5, 0.6) is 5.75 Å². The number of hydroxylamine groups is 2. The van der Waals surface area contributed by atoms with E-state index >= 15 is 0 Å². The number of fused-ring (bicyclic) bond motifs is 2. The molecule has 6 nitrogen and oxygen atoms in total. The van der Waals surface area contributed by atoms with Crippen LogP contribution >= 0.6 is 11.8 Å². The first kappa shape index (κ1) is 15.4. The molecule has 24 heavy (non-hydrogen) atoms. The number of thioether (sulfide) groups is 1. The summed E-state index contributed by atoms with van der Waals surface area (Å²) in [7, 11) is 1.69. The van der Waals surface area contributed by atoms with E-state index in [2.05, 4.69) is 15.0 Å². The van der Waals surface area contributed by atoms with Crippen LogP contribution in [0, 0.1) is 0 Å². The fraction of sp³-hybridized carbons (Fsp3) is 0.294. The molecule has 0 spiro atoms. The van der Waals surface area contributed by atoms with Gasteiger partial charge in [-0.15, -0.1) is 5.06 Å². The van der Waals surface area contributed by atoms with Crippen molar-refractivity contribution in [3.63, 3.8) is 0 Å². The molecule has 7 heteroatoms. The maximum Gasteiger partial charge on any atom is 0.166 e. The molecule has 4 rings (SSSR count). The summed E-state index contributed by atoms with van der Waals surface area (Å²) in [6, 6.07) is 9.96. The van der Waals surface area contributed by atoms with E-state index < -0.39 is 0 Å². The molecule has 0 unspecified atom stereocenters. The van der Waals surface area contributed by atoms with E-state index in [4.69, 9.17) is 9.57 Å². The van der Waals surface area contributed by atoms with E-state index in [9.17, 15) is 0 Å².